The molecule has 0 aromatic heterocycles. The molecule has 0 aliphatic carbocycles. The van der Waals surface area contributed by atoms with E-state index in [4.69, 9.17) is 10.5 Å². The van der Waals surface area contributed by atoms with Crippen LogP contribution in [0.1, 0.15) is 13.8 Å². The average Bonchev–Trinajstić information content (AvgIpc) is 2.19. The summed E-state index contributed by atoms with van der Waals surface area (Å²) in [6, 6.07) is 0. The highest BCUT2D eigenvalue weighted by molar-refractivity contribution is 5.26. The Bertz CT molecular complexity index is 292. The van der Waals surface area contributed by atoms with Crippen LogP contribution in [0.5, 0.6) is 0 Å². The van der Waals surface area contributed by atoms with Crippen molar-refractivity contribution >= 4 is 0 Å². The zero-order valence-electron chi connectivity index (χ0n) is 9.44. The van der Waals surface area contributed by atoms with Crippen LogP contribution in [0.4, 0.5) is 0 Å². The normalized spacial score (nSPS) is 12.0. The molecule has 0 spiro atoms. The highest BCUT2D eigenvalue weighted by Gasteiger charge is 1.91. The maximum atomic E-state index is 5.29. The van der Waals surface area contributed by atoms with Crippen LogP contribution >= 0.6 is 0 Å². The molecule has 0 saturated heterocycles. The van der Waals surface area contributed by atoms with Crippen molar-refractivity contribution in [3.05, 3.63) is 60.6 Å². The van der Waals surface area contributed by atoms with Crippen LogP contribution in [0.25, 0.3) is 0 Å². The summed E-state index contributed by atoms with van der Waals surface area (Å²) >= 11 is 0. The topological polar surface area (TPSA) is 35.2 Å². The van der Waals surface area contributed by atoms with Gasteiger partial charge in [-0.15, -0.1) is 0 Å². The van der Waals surface area contributed by atoms with Crippen LogP contribution in [0, 0.1) is 0 Å². The fourth-order valence-electron chi connectivity index (χ4n) is 0.943. The largest absolute Gasteiger partial charge is 0.497 e. The number of hydrogen-bond acceptors (Lipinski definition) is 2. The Morgan fingerprint density at radius 2 is 2.07 bits per heavy atom. The number of rotatable bonds is 6. The van der Waals surface area contributed by atoms with Crippen molar-refractivity contribution in [3.8, 4) is 0 Å². The third kappa shape index (κ3) is 8.63. The van der Waals surface area contributed by atoms with Gasteiger partial charge in [-0.3, -0.25) is 0 Å². The van der Waals surface area contributed by atoms with Crippen LogP contribution in [0.2, 0.25) is 0 Å². The smallest absolute Gasteiger partial charge is 0.112 e. The summed E-state index contributed by atoms with van der Waals surface area (Å²) < 4.78 is 5.29. The summed E-state index contributed by atoms with van der Waals surface area (Å²) in [5.41, 5.74) is 7.57. The molecule has 0 amide bonds. The highest BCUT2D eigenvalue weighted by atomic mass is 16.5. The maximum absolute atomic E-state index is 5.29. The monoisotopic (exact) mass is 205 g/mol. The lowest BCUT2D eigenvalue weighted by Crippen LogP contribution is -1.91. The van der Waals surface area contributed by atoms with Crippen molar-refractivity contribution < 1.29 is 4.74 Å². The quantitative estimate of drug-likeness (QED) is 0.534. The zero-order valence-corrected chi connectivity index (χ0v) is 9.44. The summed E-state index contributed by atoms with van der Waals surface area (Å²) in [4.78, 5) is 0. The molecule has 0 aromatic carbocycles. The minimum absolute atomic E-state index is 0.528. The SMILES string of the molecule is C=C/C=C\OC/C(C=C(C)C)=C/C=C/N. The van der Waals surface area contributed by atoms with E-state index in [0.29, 0.717) is 6.61 Å². The van der Waals surface area contributed by atoms with E-state index in [1.807, 2.05) is 19.9 Å². The van der Waals surface area contributed by atoms with E-state index in [1.165, 1.54) is 11.8 Å². The Balaban J connectivity index is 4.32. The Morgan fingerprint density at radius 1 is 1.33 bits per heavy atom. The van der Waals surface area contributed by atoms with Crippen molar-refractivity contribution in [1.82, 2.24) is 0 Å². The molecule has 0 atom stereocenters. The first-order chi connectivity index (χ1) is 7.20. The van der Waals surface area contributed by atoms with Gasteiger partial charge in [0.1, 0.15) is 6.61 Å². The van der Waals surface area contributed by atoms with E-state index in [9.17, 15) is 0 Å². The number of nitrogens with two attached hydrogens (primary N) is 1. The van der Waals surface area contributed by atoms with Crippen molar-refractivity contribution in [2.75, 3.05) is 6.61 Å². The van der Waals surface area contributed by atoms with Gasteiger partial charge in [-0.25, -0.2) is 0 Å². The van der Waals surface area contributed by atoms with Gasteiger partial charge in [0.05, 0.1) is 6.26 Å². The van der Waals surface area contributed by atoms with Gasteiger partial charge in [0.2, 0.25) is 0 Å². The lowest BCUT2D eigenvalue weighted by atomic mass is 10.2. The second-order valence-electron chi connectivity index (χ2n) is 3.22. The predicted octanol–water partition coefficient (Wildman–Crippen LogP) is 3.07. The molecule has 0 bridgehead atoms. The molecule has 0 radical (unpaired) electrons. The van der Waals surface area contributed by atoms with Gasteiger partial charge in [-0.1, -0.05) is 30.4 Å². The van der Waals surface area contributed by atoms with Crippen molar-refractivity contribution in [3.63, 3.8) is 0 Å². The van der Waals surface area contributed by atoms with Gasteiger partial charge in [-0.2, -0.15) is 0 Å². The van der Waals surface area contributed by atoms with E-state index in [2.05, 4.69) is 12.7 Å². The van der Waals surface area contributed by atoms with Gasteiger partial charge in [0.25, 0.3) is 0 Å². The van der Waals surface area contributed by atoms with Gasteiger partial charge < -0.3 is 10.5 Å². The van der Waals surface area contributed by atoms with E-state index >= 15 is 0 Å². The van der Waals surface area contributed by atoms with E-state index in [1.54, 1.807) is 24.5 Å². The minimum Gasteiger partial charge on any atom is -0.497 e. The summed E-state index contributed by atoms with van der Waals surface area (Å²) in [5, 5.41) is 0. The molecule has 0 saturated carbocycles. The van der Waals surface area contributed by atoms with Crippen molar-refractivity contribution in [2.45, 2.75) is 13.8 Å². The molecule has 0 rings (SSSR count). The highest BCUT2D eigenvalue weighted by Crippen LogP contribution is 2.03. The molecule has 0 aliphatic rings. The summed E-state index contributed by atoms with van der Waals surface area (Å²) in [6.07, 6.45) is 12.3. The molecule has 2 heteroatoms. The van der Waals surface area contributed by atoms with E-state index in [0.717, 1.165) is 5.57 Å². The molecule has 2 N–H and O–H groups in total. The van der Waals surface area contributed by atoms with E-state index < -0.39 is 0 Å². The van der Waals surface area contributed by atoms with Crippen LogP contribution in [0.3, 0.4) is 0 Å². The van der Waals surface area contributed by atoms with E-state index in [-0.39, 0.29) is 0 Å². The second kappa shape index (κ2) is 8.88. The first kappa shape index (κ1) is 13.3. The Hall–Kier alpha value is -1.70. The molecule has 2 nitrogen and oxygen atoms in total. The van der Waals surface area contributed by atoms with Crippen molar-refractivity contribution in [1.29, 1.82) is 0 Å². The molecule has 0 aromatic rings. The van der Waals surface area contributed by atoms with Gasteiger partial charge >= 0.3 is 0 Å². The van der Waals surface area contributed by atoms with Gasteiger partial charge in [-0.05, 0) is 37.8 Å². The third-order valence-corrected chi connectivity index (χ3v) is 1.46. The number of ether oxygens (including phenoxy) is 1. The van der Waals surface area contributed by atoms with Gasteiger partial charge in [0.15, 0.2) is 0 Å². The average molecular weight is 205 g/mol. The first-order valence-electron chi connectivity index (χ1n) is 4.82. The first-order valence-corrected chi connectivity index (χ1v) is 4.82. The second-order valence-corrected chi connectivity index (χ2v) is 3.22. The third-order valence-electron chi connectivity index (χ3n) is 1.46. The molecular weight excluding hydrogens is 186 g/mol. The Morgan fingerprint density at radius 3 is 2.60 bits per heavy atom. The summed E-state index contributed by atoms with van der Waals surface area (Å²) in [5.74, 6) is 0. The molecule has 0 aliphatic heterocycles. The molecule has 0 heterocycles. The molecule has 0 fully saturated rings. The fraction of sp³-hybridized carbons (Fsp3) is 0.231. The number of hydrogen-bond donors (Lipinski definition) is 1. The van der Waals surface area contributed by atoms with Crippen LogP contribution in [-0.2, 0) is 4.74 Å². The van der Waals surface area contributed by atoms with Gasteiger partial charge in [0, 0.05) is 0 Å². The number of allylic oxidation sites excluding steroid dienone is 5. The molecular formula is C13H19NO. The standard InChI is InChI=1S/C13H19NO/c1-4-5-9-15-11-13(7-6-8-14)10-12(2)3/h4-10H,1,11,14H2,2-3H3/b8-6+,9-5-,13-7+. The van der Waals surface area contributed by atoms with Crippen molar-refractivity contribution in [2.24, 2.45) is 5.73 Å². The Kier molecular flexibility index (Phi) is 7.87. The van der Waals surface area contributed by atoms with Crippen LogP contribution in [0.15, 0.2) is 60.6 Å². The molecule has 0 unspecified atom stereocenters. The lowest BCUT2D eigenvalue weighted by Gasteiger charge is -2.02. The zero-order chi connectivity index (χ0) is 11.5. The minimum atomic E-state index is 0.528. The Labute approximate surface area is 92.1 Å². The van der Waals surface area contributed by atoms with Crippen LogP contribution < -0.4 is 5.73 Å². The molecule has 15 heavy (non-hydrogen) atoms. The fourth-order valence-corrected chi connectivity index (χ4v) is 0.943. The lowest BCUT2D eigenvalue weighted by molar-refractivity contribution is 0.283. The van der Waals surface area contributed by atoms with Crippen LogP contribution in [-0.4, -0.2) is 6.61 Å². The maximum Gasteiger partial charge on any atom is 0.112 e. The summed E-state index contributed by atoms with van der Waals surface area (Å²) in [7, 11) is 0. The predicted molar refractivity (Wildman–Crippen MR) is 66.1 cm³/mol. The molecule has 82 valence electrons. The summed E-state index contributed by atoms with van der Waals surface area (Å²) in [6.45, 7) is 8.16.